The first kappa shape index (κ1) is 12.0. The van der Waals surface area contributed by atoms with Crippen molar-refractivity contribution >= 4 is 5.91 Å². The summed E-state index contributed by atoms with van der Waals surface area (Å²) in [6.07, 6.45) is 2.02. The van der Waals surface area contributed by atoms with Crippen molar-refractivity contribution in [3.05, 3.63) is 18.0 Å². The lowest BCUT2D eigenvalue weighted by molar-refractivity contribution is -0.0399. The molecule has 1 aromatic rings. The van der Waals surface area contributed by atoms with Crippen molar-refractivity contribution in [3.8, 4) is 0 Å². The normalized spacial score (nSPS) is 20.2. The summed E-state index contributed by atoms with van der Waals surface area (Å²) < 4.78 is 27.4. The average molecular weight is 243 g/mol. The molecule has 0 aliphatic heterocycles. The van der Waals surface area contributed by atoms with Crippen molar-refractivity contribution < 1.29 is 13.6 Å². The van der Waals surface area contributed by atoms with Crippen LogP contribution >= 0.6 is 0 Å². The number of rotatable bonds is 2. The molecule has 1 aliphatic carbocycles. The topological polar surface area (TPSA) is 46.9 Å². The van der Waals surface area contributed by atoms with Gasteiger partial charge in [0.25, 0.3) is 5.91 Å². The highest BCUT2D eigenvalue weighted by Gasteiger charge is 2.35. The molecule has 0 atom stereocenters. The Morgan fingerprint density at radius 3 is 2.71 bits per heavy atom. The number of hydrogen-bond acceptors (Lipinski definition) is 2. The number of amides is 1. The largest absolute Gasteiger partial charge is 0.348 e. The predicted molar refractivity (Wildman–Crippen MR) is 57.9 cm³/mol. The van der Waals surface area contributed by atoms with E-state index in [1.54, 1.807) is 19.3 Å². The second-order valence-corrected chi connectivity index (χ2v) is 4.48. The van der Waals surface area contributed by atoms with Gasteiger partial charge in [-0.05, 0) is 18.9 Å². The third-order valence-corrected chi connectivity index (χ3v) is 3.00. The predicted octanol–water partition coefficient (Wildman–Crippen LogP) is 1.73. The van der Waals surface area contributed by atoms with Gasteiger partial charge < -0.3 is 5.32 Å². The van der Waals surface area contributed by atoms with Crippen LogP contribution < -0.4 is 5.32 Å². The van der Waals surface area contributed by atoms with Crippen LogP contribution in [-0.4, -0.2) is 27.7 Å². The minimum Gasteiger partial charge on any atom is -0.348 e. The van der Waals surface area contributed by atoms with Gasteiger partial charge in [-0.2, -0.15) is 5.10 Å². The molecule has 0 saturated heterocycles. The molecule has 1 aromatic heterocycles. The van der Waals surface area contributed by atoms with Crippen molar-refractivity contribution in [2.75, 3.05) is 0 Å². The number of carbonyl (C=O) groups is 1. The van der Waals surface area contributed by atoms with Gasteiger partial charge in [0.15, 0.2) is 0 Å². The van der Waals surface area contributed by atoms with Crippen LogP contribution in [0, 0.1) is 0 Å². The molecule has 6 heteroatoms. The van der Waals surface area contributed by atoms with Crippen LogP contribution in [0.3, 0.4) is 0 Å². The van der Waals surface area contributed by atoms with E-state index in [-0.39, 0.29) is 24.8 Å². The van der Waals surface area contributed by atoms with E-state index in [4.69, 9.17) is 0 Å². The minimum atomic E-state index is -2.56. The maximum atomic E-state index is 12.9. The number of nitrogens with zero attached hydrogens (tertiary/aromatic N) is 2. The van der Waals surface area contributed by atoms with E-state index in [1.807, 2.05) is 0 Å². The van der Waals surface area contributed by atoms with Gasteiger partial charge in [0.1, 0.15) is 5.69 Å². The van der Waals surface area contributed by atoms with E-state index in [1.165, 1.54) is 4.68 Å². The molecule has 1 N–H and O–H groups in total. The van der Waals surface area contributed by atoms with E-state index >= 15 is 0 Å². The zero-order valence-corrected chi connectivity index (χ0v) is 9.62. The molecule has 94 valence electrons. The first-order chi connectivity index (χ1) is 7.96. The molecule has 1 fully saturated rings. The summed E-state index contributed by atoms with van der Waals surface area (Å²) >= 11 is 0. The summed E-state index contributed by atoms with van der Waals surface area (Å²) in [5, 5.41) is 6.70. The van der Waals surface area contributed by atoms with Crippen LogP contribution in [0.5, 0.6) is 0 Å². The van der Waals surface area contributed by atoms with E-state index < -0.39 is 5.92 Å². The van der Waals surface area contributed by atoms with Crippen LogP contribution in [0.25, 0.3) is 0 Å². The molecule has 1 aliphatic rings. The van der Waals surface area contributed by atoms with Crippen molar-refractivity contribution in [3.63, 3.8) is 0 Å². The van der Waals surface area contributed by atoms with Crippen molar-refractivity contribution in [2.45, 2.75) is 37.6 Å². The van der Waals surface area contributed by atoms with Crippen LogP contribution in [0.4, 0.5) is 8.78 Å². The minimum absolute atomic E-state index is 0.153. The van der Waals surface area contributed by atoms with Crippen molar-refractivity contribution in [1.29, 1.82) is 0 Å². The Hall–Kier alpha value is -1.46. The number of hydrogen-bond donors (Lipinski definition) is 1. The maximum Gasteiger partial charge on any atom is 0.271 e. The monoisotopic (exact) mass is 243 g/mol. The second kappa shape index (κ2) is 4.43. The quantitative estimate of drug-likeness (QED) is 0.859. The molecule has 4 nitrogen and oxygen atoms in total. The molecular weight excluding hydrogens is 228 g/mol. The Balaban J connectivity index is 1.88. The highest BCUT2D eigenvalue weighted by Crippen LogP contribution is 2.32. The molecule has 1 saturated carbocycles. The number of halogens is 2. The third kappa shape index (κ3) is 3.01. The first-order valence-corrected chi connectivity index (χ1v) is 5.65. The summed E-state index contributed by atoms with van der Waals surface area (Å²) in [4.78, 5) is 11.7. The fourth-order valence-electron chi connectivity index (χ4n) is 1.98. The smallest absolute Gasteiger partial charge is 0.271 e. The summed E-state index contributed by atoms with van der Waals surface area (Å²) in [5.74, 6) is -2.85. The van der Waals surface area contributed by atoms with E-state index in [0.29, 0.717) is 18.5 Å². The fourth-order valence-corrected chi connectivity index (χ4v) is 1.98. The van der Waals surface area contributed by atoms with Gasteiger partial charge in [0, 0.05) is 32.1 Å². The third-order valence-electron chi connectivity index (χ3n) is 3.00. The molecule has 0 bridgehead atoms. The highest BCUT2D eigenvalue weighted by atomic mass is 19.3. The average Bonchev–Trinajstić information content (AvgIpc) is 2.68. The van der Waals surface area contributed by atoms with Crippen molar-refractivity contribution in [1.82, 2.24) is 15.1 Å². The van der Waals surface area contributed by atoms with Gasteiger partial charge in [0.05, 0.1) is 0 Å². The molecular formula is C11H15F2N3O. The van der Waals surface area contributed by atoms with Gasteiger partial charge in [0.2, 0.25) is 5.92 Å². The van der Waals surface area contributed by atoms with E-state index in [2.05, 4.69) is 10.4 Å². The molecule has 2 rings (SSSR count). The Labute approximate surface area is 98.0 Å². The number of carbonyl (C=O) groups excluding carboxylic acids is 1. The number of nitrogens with one attached hydrogen (secondary N) is 1. The van der Waals surface area contributed by atoms with Crippen molar-refractivity contribution in [2.24, 2.45) is 7.05 Å². The Morgan fingerprint density at radius 1 is 1.53 bits per heavy atom. The SMILES string of the molecule is Cn1ccc(C(=O)NC2CCC(F)(F)CC2)n1. The number of aromatic nitrogens is 2. The van der Waals surface area contributed by atoms with Gasteiger partial charge in [-0.3, -0.25) is 9.48 Å². The lowest BCUT2D eigenvalue weighted by atomic mass is 9.92. The number of aryl methyl sites for hydroxylation is 1. The van der Waals surface area contributed by atoms with E-state index in [9.17, 15) is 13.6 Å². The van der Waals surface area contributed by atoms with Crippen LogP contribution in [0.15, 0.2) is 12.3 Å². The summed E-state index contributed by atoms with van der Waals surface area (Å²) in [6.45, 7) is 0. The first-order valence-electron chi connectivity index (χ1n) is 5.65. The van der Waals surface area contributed by atoms with E-state index in [0.717, 1.165) is 0 Å². The Bertz CT molecular complexity index is 407. The standard InChI is InChI=1S/C11H15F2N3O/c1-16-7-4-9(15-16)10(17)14-8-2-5-11(12,13)6-3-8/h4,7-8H,2-3,5-6H2,1H3,(H,14,17). The Morgan fingerprint density at radius 2 is 2.18 bits per heavy atom. The lowest BCUT2D eigenvalue weighted by Gasteiger charge is -2.28. The second-order valence-electron chi connectivity index (χ2n) is 4.48. The molecule has 0 spiro atoms. The van der Waals surface area contributed by atoms with Crippen LogP contribution in [0.2, 0.25) is 0 Å². The molecule has 0 aromatic carbocycles. The van der Waals surface area contributed by atoms with Gasteiger partial charge in [-0.1, -0.05) is 0 Å². The molecule has 0 radical (unpaired) electrons. The molecule has 0 unspecified atom stereocenters. The zero-order valence-electron chi connectivity index (χ0n) is 9.62. The Kier molecular flexibility index (Phi) is 3.13. The highest BCUT2D eigenvalue weighted by molar-refractivity contribution is 5.92. The van der Waals surface area contributed by atoms with Crippen LogP contribution in [0.1, 0.15) is 36.2 Å². The summed E-state index contributed by atoms with van der Waals surface area (Å²) in [5.41, 5.74) is 0.324. The van der Waals surface area contributed by atoms with Gasteiger partial charge in [-0.15, -0.1) is 0 Å². The van der Waals surface area contributed by atoms with Gasteiger partial charge >= 0.3 is 0 Å². The molecule has 1 heterocycles. The van der Waals surface area contributed by atoms with Crippen LogP contribution in [-0.2, 0) is 7.05 Å². The molecule has 17 heavy (non-hydrogen) atoms. The summed E-state index contributed by atoms with van der Waals surface area (Å²) in [7, 11) is 1.72. The maximum absolute atomic E-state index is 12.9. The lowest BCUT2D eigenvalue weighted by Crippen LogP contribution is -2.40. The number of alkyl halides is 2. The summed E-state index contributed by atoms with van der Waals surface area (Å²) in [6, 6.07) is 1.44. The zero-order chi connectivity index (χ0) is 12.5. The fraction of sp³-hybridized carbons (Fsp3) is 0.636. The molecule has 1 amide bonds. The van der Waals surface area contributed by atoms with Gasteiger partial charge in [-0.25, -0.2) is 8.78 Å².